The Bertz CT molecular complexity index is 354. The Balaban J connectivity index is 2.35. The standard InChI is InChI=1S/C9H6F4O/c10-7-3-5(8-4-14-8)1-2-6(7)9(11,12)13/h1-3,8H,4H2. The molecule has 0 saturated carbocycles. The molecule has 14 heavy (non-hydrogen) atoms. The van der Waals surface area contributed by atoms with Crippen molar-refractivity contribution < 1.29 is 22.3 Å². The third kappa shape index (κ3) is 1.72. The minimum absolute atomic E-state index is 0.230. The molecular weight excluding hydrogens is 200 g/mol. The van der Waals surface area contributed by atoms with Gasteiger partial charge >= 0.3 is 6.18 Å². The normalized spacial score (nSPS) is 21.0. The lowest BCUT2D eigenvalue weighted by molar-refractivity contribution is -0.140. The second-order valence-electron chi connectivity index (χ2n) is 3.06. The molecular formula is C9H6F4O. The first-order chi connectivity index (χ1) is 6.48. The third-order valence-electron chi connectivity index (χ3n) is 2.00. The largest absolute Gasteiger partial charge is 0.419 e. The summed E-state index contributed by atoms with van der Waals surface area (Å²) in [5.41, 5.74) is -0.780. The van der Waals surface area contributed by atoms with Gasteiger partial charge in [0.05, 0.1) is 12.2 Å². The summed E-state index contributed by atoms with van der Waals surface area (Å²) in [6, 6.07) is 2.86. The van der Waals surface area contributed by atoms with Crippen molar-refractivity contribution in [1.29, 1.82) is 0 Å². The number of epoxide rings is 1. The molecule has 0 radical (unpaired) electrons. The van der Waals surface area contributed by atoms with Gasteiger partial charge in [-0.05, 0) is 17.7 Å². The predicted octanol–water partition coefficient (Wildman–Crippen LogP) is 2.92. The van der Waals surface area contributed by atoms with Crippen LogP contribution in [-0.4, -0.2) is 6.61 Å². The van der Waals surface area contributed by atoms with Crippen molar-refractivity contribution in [2.24, 2.45) is 0 Å². The summed E-state index contributed by atoms with van der Waals surface area (Å²) >= 11 is 0. The van der Waals surface area contributed by atoms with Crippen LogP contribution in [0.3, 0.4) is 0 Å². The molecule has 0 amide bonds. The second-order valence-corrected chi connectivity index (χ2v) is 3.06. The van der Waals surface area contributed by atoms with Crippen LogP contribution in [0.1, 0.15) is 17.2 Å². The average molecular weight is 206 g/mol. The third-order valence-corrected chi connectivity index (χ3v) is 2.00. The number of hydrogen-bond donors (Lipinski definition) is 0. The highest BCUT2D eigenvalue weighted by atomic mass is 19.4. The molecule has 1 aromatic rings. The summed E-state index contributed by atoms with van der Waals surface area (Å²) in [5, 5.41) is 0. The van der Waals surface area contributed by atoms with Crippen LogP contribution in [0.15, 0.2) is 18.2 Å². The van der Waals surface area contributed by atoms with Crippen LogP contribution in [0.25, 0.3) is 0 Å². The number of ether oxygens (including phenoxy) is 1. The first-order valence-electron chi connectivity index (χ1n) is 3.97. The molecule has 1 atom stereocenters. The lowest BCUT2D eigenvalue weighted by Gasteiger charge is -2.08. The van der Waals surface area contributed by atoms with Crippen LogP contribution in [0, 0.1) is 5.82 Å². The Kier molecular flexibility index (Phi) is 1.99. The molecule has 1 heterocycles. The molecule has 1 aliphatic heterocycles. The van der Waals surface area contributed by atoms with Crippen molar-refractivity contribution in [3.63, 3.8) is 0 Å². The minimum Gasteiger partial charge on any atom is -0.368 e. The second kappa shape index (κ2) is 2.95. The zero-order valence-electron chi connectivity index (χ0n) is 6.94. The number of alkyl halides is 3. The highest BCUT2D eigenvalue weighted by Crippen LogP contribution is 2.35. The lowest BCUT2D eigenvalue weighted by atomic mass is 10.1. The molecule has 1 aliphatic rings. The topological polar surface area (TPSA) is 12.5 Å². The highest BCUT2D eigenvalue weighted by molar-refractivity contribution is 5.29. The molecule has 76 valence electrons. The summed E-state index contributed by atoms with van der Waals surface area (Å²) in [6.45, 7) is 0.449. The van der Waals surface area contributed by atoms with Gasteiger partial charge in [-0.3, -0.25) is 0 Å². The van der Waals surface area contributed by atoms with Crippen molar-refractivity contribution in [2.75, 3.05) is 6.61 Å². The summed E-state index contributed by atoms with van der Waals surface area (Å²) in [4.78, 5) is 0. The summed E-state index contributed by atoms with van der Waals surface area (Å²) in [5.74, 6) is -1.24. The van der Waals surface area contributed by atoms with Crippen LogP contribution in [0.5, 0.6) is 0 Å². The van der Waals surface area contributed by atoms with E-state index < -0.39 is 17.6 Å². The Morgan fingerprint density at radius 3 is 2.36 bits per heavy atom. The Labute approximate surface area is 77.3 Å². The molecule has 0 aromatic heterocycles. The number of benzene rings is 1. The van der Waals surface area contributed by atoms with Gasteiger partial charge < -0.3 is 4.74 Å². The van der Waals surface area contributed by atoms with Gasteiger partial charge in [-0.1, -0.05) is 6.07 Å². The van der Waals surface area contributed by atoms with Crippen LogP contribution in [-0.2, 0) is 10.9 Å². The van der Waals surface area contributed by atoms with E-state index in [1.807, 2.05) is 0 Å². The summed E-state index contributed by atoms with van der Waals surface area (Å²) < 4.78 is 54.2. The monoisotopic (exact) mass is 206 g/mol. The first-order valence-corrected chi connectivity index (χ1v) is 3.97. The molecule has 0 N–H and O–H groups in total. The van der Waals surface area contributed by atoms with Gasteiger partial charge in [0.25, 0.3) is 0 Å². The molecule has 5 heteroatoms. The van der Waals surface area contributed by atoms with Crippen LogP contribution < -0.4 is 0 Å². The van der Waals surface area contributed by atoms with Crippen LogP contribution in [0.2, 0.25) is 0 Å². The highest BCUT2D eigenvalue weighted by Gasteiger charge is 2.35. The van der Waals surface area contributed by atoms with Gasteiger partial charge in [0.1, 0.15) is 11.9 Å². The molecule has 2 rings (SSSR count). The van der Waals surface area contributed by atoms with Crippen LogP contribution in [0.4, 0.5) is 17.6 Å². The first kappa shape index (κ1) is 9.45. The predicted molar refractivity (Wildman–Crippen MR) is 40.1 cm³/mol. The van der Waals surface area contributed by atoms with Gasteiger partial charge in [-0.25, -0.2) is 4.39 Å². The van der Waals surface area contributed by atoms with E-state index in [0.29, 0.717) is 12.2 Å². The summed E-state index contributed by atoms with van der Waals surface area (Å²) in [6.07, 6.45) is -4.86. The van der Waals surface area contributed by atoms with E-state index in [0.717, 1.165) is 12.1 Å². The van der Waals surface area contributed by atoms with E-state index in [-0.39, 0.29) is 6.10 Å². The lowest BCUT2D eigenvalue weighted by Crippen LogP contribution is -2.08. The maximum absolute atomic E-state index is 13.0. The molecule has 1 unspecified atom stereocenters. The Morgan fingerprint density at radius 2 is 1.93 bits per heavy atom. The van der Waals surface area contributed by atoms with E-state index in [1.165, 1.54) is 6.07 Å². The quantitative estimate of drug-likeness (QED) is 0.508. The van der Waals surface area contributed by atoms with Gasteiger partial charge in [0.2, 0.25) is 0 Å². The Morgan fingerprint density at radius 1 is 1.29 bits per heavy atom. The van der Waals surface area contributed by atoms with Crippen molar-refractivity contribution in [3.8, 4) is 0 Å². The fraction of sp³-hybridized carbons (Fsp3) is 0.333. The molecule has 1 fully saturated rings. The molecule has 0 bridgehead atoms. The number of hydrogen-bond acceptors (Lipinski definition) is 1. The maximum atomic E-state index is 13.0. The number of halogens is 4. The molecule has 1 nitrogen and oxygen atoms in total. The molecule has 0 aliphatic carbocycles. The average Bonchev–Trinajstić information content (AvgIpc) is 2.83. The number of rotatable bonds is 1. The fourth-order valence-electron chi connectivity index (χ4n) is 1.20. The van der Waals surface area contributed by atoms with Crippen molar-refractivity contribution in [2.45, 2.75) is 12.3 Å². The van der Waals surface area contributed by atoms with Crippen molar-refractivity contribution in [1.82, 2.24) is 0 Å². The van der Waals surface area contributed by atoms with E-state index in [9.17, 15) is 17.6 Å². The van der Waals surface area contributed by atoms with E-state index in [4.69, 9.17) is 4.74 Å². The zero-order chi connectivity index (χ0) is 10.3. The molecule has 0 spiro atoms. The molecule has 1 saturated heterocycles. The minimum atomic E-state index is -4.63. The van der Waals surface area contributed by atoms with Gasteiger partial charge in [-0.2, -0.15) is 13.2 Å². The molecule has 1 aromatic carbocycles. The van der Waals surface area contributed by atoms with Crippen LogP contribution >= 0.6 is 0 Å². The zero-order valence-corrected chi connectivity index (χ0v) is 6.94. The summed E-state index contributed by atoms with van der Waals surface area (Å²) in [7, 11) is 0. The fourth-order valence-corrected chi connectivity index (χ4v) is 1.20. The van der Waals surface area contributed by atoms with Gasteiger partial charge in [0, 0.05) is 0 Å². The van der Waals surface area contributed by atoms with Crippen molar-refractivity contribution >= 4 is 0 Å². The van der Waals surface area contributed by atoms with E-state index in [2.05, 4.69) is 0 Å². The van der Waals surface area contributed by atoms with Gasteiger partial charge in [-0.15, -0.1) is 0 Å². The maximum Gasteiger partial charge on any atom is 0.419 e. The van der Waals surface area contributed by atoms with E-state index in [1.54, 1.807) is 0 Å². The SMILES string of the molecule is Fc1cc(C2CO2)ccc1C(F)(F)F. The smallest absolute Gasteiger partial charge is 0.368 e. The van der Waals surface area contributed by atoms with Gasteiger partial charge in [0.15, 0.2) is 0 Å². The van der Waals surface area contributed by atoms with E-state index >= 15 is 0 Å². The Hall–Kier alpha value is -1.10. The van der Waals surface area contributed by atoms with Crippen molar-refractivity contribution in [3.05, 3.63) is 35.1 Å².